The van der Waals surface area contributed by atoms with Crippen molar-refractivity contribution in [3.05, 3.63) is 53.1 Å². The lowest BCUT2D eigenvalue weighted by molar-refractivity contribution is 0.411. The molecule has 0 amide bonds. The Labute approximate surface area is 110 Å². The van der Waals surface area contributed by atoms with Gasteiger partial charge in [0.1, 0.15) is 5.75 Å². The molecule has 0 N–H and O–H groups in total. The topological polar surface area (TPSA) is 9.23 Å². The van der Waals surface area contributed by atoms with E-state index in [1.165, 1.54) is 23.1 Å². The molecule has 0 saturated heterocycles. The third-order valence-corrected chi connectivity index (χ3v) is 3.83. The molecule has 0 radical (unpaired) electrons. The minimum absolute atomic E-state index is 0.0634. The molecule has 1 aromatic carbocycles. The van der Waals surface area contributed by atoms with Gasteiger partial charge in [0.05, 0.1) is 7.11 Å². The van der Waals surface area contributed by atoms with Crippen molar-refractivity contribution in [2.24, 2.45) is 0 Å². The van der Waals surface area contributed by atoms with Gasteiger partial charge in [0.15, 0.2) is 0 Å². The molecule has 0 aliphatic heterocycles. The van der Waals surface area contributed by atoms with E-state index in [9.17, 15) is 0 Å². The Hall–Kier alpha value is -1.50. The van der Waals surface area contributed by atoms with E-state index in [-0.39, 0.29) is 5.41 Å². The van der Waals surface area contributed by atoms with Crippen LogP contribution in [0.15, 0.2) is 42.0 Å². The molecule has 0 atom stereocenters. The maximum absolute atomic E-state index is 5.33. The van der Waals surface area contributed by atoms with Crippen LogP contribution < -0.4 is 4.74 Å². The van der Waals surface area contributed by atoms with E-state index in [2.05, 4.69) is 57.2 Å². The first-order valence-corrected chi connectivity index (χ1v) is 6.58. The summed E-state index contributed by atoms with van der Waals surface area (Å²) in [6, 6.07) is 6.48. The summed E-state index contributed by atoms with van der Waals surface area (Å²) in [4.78, 5) is 0. The van der Waals surface area contributed by atoms with Crippen molar-refractivity contribution in [3.63, 3.8) is 0 Å². The molecule has 2 rings (SSSR count). The van der Waals surface area contributed by atoms with E-state index < -0.39 is 0 Å². The number of ether oxygens (including phenoxy) is 1. The third-order valence-electron chi connectivity index (χ3n) is 3.83. The molecule has 1 aliphatic rings. The number of aryl methyl sites for hydroxylation is 1. The van der Waals surface area contributed by atoms with Crippen LogP contribution in [0, 0.1) is 6.92 Å². The van der Waals surface area contributed by atoms with Crippen molar-refractivity contribution in [1.29, 1.82) is 0 Å². The minimum atomic E-state index is 0.0634. The van der Waals surface area contributed by atoms with Crippen LogP contribution in [0.4, 0.5) is 0 Å². The molecule has 0 heterocycles. The van der Waals surface area contributed by atoms with E-state index >= 15 is 0 Å². The zero-order chi connectivity index (χ0) is 13.2. The van der Waals surface area contributed by atoms with E-state index in [0.717, 1.165) is 12.2 Å². The molecule has 0 fully saturated rings. The van der Waals surface area contributed by atoms with Crippen LogP contribution in [0.1, 0.15) is 37.8 Å². The zero-order valence-corrected chi connectivity index (χ0v) is 11.8. The fourth-order valence-electron chi connectivity index (χ4n) is 2.51. The molecule has 0 unspecified atom stereocenters. The molecule has 1 nitrogen and oxygen atoms in total. The van der Waals surface area contributed by atoms with Gasteiger partial charge in [0.2, 0.25) is 0 Å². The number of hydrogen-bond donors (Lipinski definition) is 0. The van der Waals surface area contributed by atoms with Crippen molar-refractivity contribution >= 4 is 0 Å². The molecular weight excluding hydrogens is 220 g/mol. The van der Waals surface area contributed by atoms with Gasteiger partial charge in [-0.05, 0) is 42.5 Å². The first-order valence-electron chi connectivity index (χ1n) is 6.58. The first-order chi connectivity index (χ1) is 8.55. The van der Waals surface area contributed by atoms with Crippen molar-refractivity contribution < 1.29 is 4.74 Å². The Morgan fingerprint density at radius 1 is 1.17 bits per heavy atom. The van der Waals surface area contributed by atoms with E-state index in [1.807, 2.05) is 0 Å². The highest BCUT2D eigenvalue weighted by molar-refractivity contribution is 5.45. The molecule has 18 heavy (non-hydrogen) atoms. The van der Waals surface area contributed by atoms with Gasteiger partial charge in [0, 0.05) is 5.41 Å². The van der Waals surface area contributed by atoms with Crippen LogP contribution in [0.5, 0.6) is 5.75 Å². The van der Waals surface area contributed by atoms with Gasteiger partial charge in [-0.3, -0.25) is 0 Å². The lowest BCUT2D eigenvalue weighted by Crippen LogP contribution is -2.20. The van der Waals surface area contributed by atoms with E-state index in [1.54, 1.807) is 7.11 Å². The summed E-state index contributed by atoms with van der Waals surface area (Å²) in [7, 11) is 1.72. The Bertz CT molecular complexity index is 492. The number of methoxy groups -OCH3 is 1. The SMILES string of the molecule is COc1ccc(C(C)(C)C2=CCCC=C2)cc1C. The molecule has 0 bridgehead atoms. The number of rotatable bonds is 3. The fourth-order valence-corrected chi connectivity index (χ4v) is 2.51. The van der Waals surface area contributed by atoms with Crippen molar-refractivity contribution in [2.45, 2.75) is 39.0 Å². The van der Waals surface area contributed by atoms with Crippen molar-refractivity contribution in [3.8, 4) is 5.75 Å². The van der Waals surface area contributed by atoms with Gasteiger partial charge in [0.25, 0.3) is 0 Å². The monoisotopic (exact) mass is 242 g/mol. The lowest BCUT2D eigenvalue weighted by atomic mass is 9.75. The summed E-state index contributed by atoms with van der Waals surface area (Å²) < 4.78 is 5.33. The van der Waals surface area contributed by atoms with Gasteiger partial charge in [-0.1, -0.05) is 44.2 Å². The second-order valence-electron chi connectivity index (χ2n) is 5.45. The Balaban J connectivity index is 2.37. The van der Waals surface area contributed by atoms with Gasteiger partial charge in [-0.15, -0.1) is 0 Å². The Morgan fingerprint density at radius 2 is 1.94 bits per heavy atom. The van der Waals surface area contributed by atoms with Crippen molar-refractivity contribution in [1.82, 2.24) is 0 Å². The average molecular weight is 242 g/mol. The molecule has 96 valence electrons. The normalized spacial score (nSPS) is 15.4. The van der Waals surface area contributed by atoms with Crippen LogP contribution in [0.25, 0.3) is 0 Å². The number of hydrogen-bond acceptors (Lipinski definition) is 1. The van der Waals surface area contributed by atoms with E-state index in [4.69, 9.17) is 4.74 Å². The second-order valence-corrected chi connectivity index (χ2v) is 5.45. The molecule has 1 aromatic rings. The molecular formula is C17H22O. The van der Waals surface area contributed by atoms with Crippen LogP contribution in [0.3, 0.4) is 0 Å². The third kappa shape index (κ3) is 2.35. The maximum Gasteiger partial charge on any atom is 0.121 e. The van der Waals surface area contributed by atoms with Gasteiger partial charge in [-0.2, -0.15) is 0 Å². The molecule has 0 aromatic heterocycles. The summed E-state index contributed by atoms with van der Waals surface area (Å²) in [5, 5.41) is 0. The Morgan fingerprint density at radius 3 is 2.50 bits per heavy atom. The highest BCUT2D eigenvalue weighted by Crippen LogP contribution is 2.36. The highest BCUT2D eigenvalue weighted by Gasteiger charge is 2.25. The lowest BCUT2D eigenvalue weighted by Gasteiger charge is -2.29. The van der Waals surface area contributed by atoms with Crippen molar-refractivity contribution in [2.75, 3.05) is 7.11 Å². The zero-order valence-electron chi connectivity index (χ0n) is 11.8. The molecule has 0 saturated carbocycles. The Kier molecular flexibility index (Phi) is 3.60. The minimum Gasteiger partial charge on any atom is -0.496 e. The largest absolute Gasteiger partial charge is 0.496 e. The average Bonchev–Trinajstić information content (AvgIpc) is 2.39. The number of allylic oxidation sites excluding steroid dienone is 4. The summed E-state index contributed by atoms with van der Waals surface area (Å²) >= 11 is 0. The first kappa shape index (κ1) is 12.9. The standard InChI is InChI=1S/C17H22O/c1-13-12-15(10-11-16(13)18-4)17(2,3)14-8-6-5-7-9-14/h6,8-12H,5,7H2,1-4H3. The maximum atomic E-state index is 5.33. The van der Waals surface area contributed by atoms with E-state index in [0.29, 0.717) is 0 Å². The summed E-state index contributed by atoms with van der Waals surface area (Å²) in [5.41, 5.74) is 4.02. The quantitative estimate of drug-likeness (QED) is 0.755. The second kappa shape index (κ2) is 5.01. The van der Waals surface area contributed by atoms with Gasteiger partial charge in [-0.25, -0.2) is 0 Å². The molecule has 1 heteroatoms. The number of benzene rings is 1. The van der Waals surface area contributed by atoms with Crippen LogP contribution >= 0.6 is 0 Å². The van der Waals surface area contributed by atoms with Crippen LogP contribution in [0.2, 0.25) is 0 Å². The fraction of sp³-hybridized carbons (Fsp3) is 0.412. The van der Waals surface area contributed by atoms with Gasteiger partial charge >= 0.3 is 0 Å². The predicted octanol–water partition coefficient (Wildman–Crippen LogP) is 4.56. The molecule has 1 aliphatic carbocycles. The predicted molar refractivity (Wildman–Crippen MR) is 77.2 cm³/mol. The van der Waals surface area contributed by atoms with Gasteiger partial charge < -0.3 is 4.74 Å². The smallest absolute Gasteiger partial charge is 0.121 e. The molecule has 0 spiro atoms. The highest BCUT2D eigenvalue weighted by atomic mass is 16.5. The summed E-state index contributed by atoms with van der Waals surface area (Å²) in [6.07, 6.45) is 9.22. The summed E-state index contributed by atoms with van der Waals surface area (Å²) in [5.74, 6) is 0.961. The van der Waals surface area contributed by atoms with Crippen LogP contribution in [-0.2, 0) is 5.41 Å². The summed E-state index contributed by atoms with van der Waals surface area (Å²) in [6.45, 7) is 6.68. The van der Waals surface area contributed by atoms with Crippen LogP contribution in [-0.4, -0.2) is 7.11 Å².